The number of benzene rings is 2. The summed E-state index contributed by atoms with van der Waals surface area (Å²) in [6.45, 7) is 2.14. The van der Waals surface area contributed by atoms with Crippen molar-refractivity contribution < 1.29 is 0 Å². The first kappa shape index (κ1) is 12.9. The minimum absolute atomic E-state index is 0. The van der Waals surface area contributed by atoms with E-state index < -0.39 is 0 Å². The minimum Gasteiger partial charge on any atom is -0.354 e. The molecule has 0 aliphatic carbocycles. The Labute approximate surface area is 107 Å². The molecule has 0 spiro atoms. The van der Waals surface area contributed by atoms with Crippen molar-refractivity contribution in [3.8, 4) is 0 Å². The van der Waals surface area contributed by atoms with Crippen LogP contribution in [0, 0.1) is 6.92 Å². The number of H-pyrrole nitrogens is 1. The number of halogens is 2. The molecule has 0 radical (unpaired) electrons. The SMILES string of the molecule is Cc1cccc2c1[nH]c1ccccc12.Cl.Cl. The molecular weight excluding hydrogens is 241 g/mol. The molecule has 1 aromatic heterocycles. The highest BCUT2D eigenvalue weighted by atomic mass is 35.5. The molecule has 0 atom stereocenters. The number of aryl methyl sites for hydroxylation is 1. The van der Waals surface area contributed by atoms with Gasteiger partial charge in [0.15, 0.2) is 0 Å². The van der Waals surface area contributed by atoms with Crippen LogP contribution in [-0.4, -0.2) is 4.98 Å². The molecule has 2 aromatic carbocycles. The smallest absolute Gasteiger partial charge is 0.0494 e. The van der Waals surface area contributed by atoms with Crippen LogP contribution in [-0.2, 0) is 0 Å². The highest BCUT2D eigenvalue weighted by molar-refractivity contribution is 6.08. The number of nitrogens with one attached hydrogen (secondary N) is 1. The molecule has 0 aliphatic heterocycles. The number of hydrogen-bond donors (Lipinski definition) is 1. The van der Waals surface area contributed by atoms with E-state index in [1.165, 1.54) is 27.4 Å². The van der Waals surface area contributed by atoms with Crippen LogP contribution in [0.1, 0.15) is 5.56 Å². The first-order valence-electron chi connectivity index (χ1n) is 4.82. The summed E-state index contributed by atoms with van der Waals surface area (Å²) >= 11 is 0. The van der Waals surface area contributed by atoms with Crippen LogP contribution in [0.15, 0.2) is 42.5 Å². The van der Waals surface area contributed by atoms with Gasteiger partial charge in [-0.1, -0.05) is 36.4 Å². The number of aromatic amines is 1. The summed E-state index contributed by atoms with van der Waals surface area (Å²) in [5.74, 6) is 0. The molecule has 84 valence electrons. The van der Waals surface area contributed by atoms with Crippen molar-refractivity contribution in [1.29, 1.82) is 0 Å². The molecular formula is C13H13Cl2N. The lowest BCUT2D eigenvalue weighted by atomic mass is 10.1. The summed E-state index contributed by atoms with van der Waals surface area (Å²) in [4.78, 5) is 3.45. The zero-order valence-corrected chi connectivity index (χ0v) is 10.5. The molecule has 0 saturated carbocycles. The first-order chi connectivity index (χ1) is 6.86. The maximum absolute atomic E-state index is 3.45. The molecule has 3 rings (SSSR count). The van der Waals surface area contributed by atoms with E-state index in [1.807, 2.05) is 0 Å². The van der Waals surface area contributed by atoms with Crippen LogP contribution in [0.2, 0.25) is 0 Å². The predicted octanol–water partition coefficient (Wildman–Crippen LogP) is 4.47. The van der Waals surface area contributed by atoms with Gasteiger partial charge in [0.05, 0.1) is 0 Å². The van der Waals surface area contributed by atoms with E-state index in [0.29, 0.717) is 0 Å². The van der Waals surface area contributed by atoms with Crippen molar-refractivity contribution >= 4 is 46.6 Å². The van der Waals surface area contributed by atoms with Gasteiger partial charge in [-0.2, -0.15) is 0 Å². The van der Waals surface area contributed by atoms with Crippen molar-refractivity contribution in [3.63, 3.8) is 0 Å². The van der Waals surface area contributed by atoms with Crippen molar-refractivity contribution in [2.24, 2.45) is 0 Å². The van der Waals surface area contributed by atoms with E-state index >= 15 is 0 Å². The van der Waals surface area contributed by atoms with Gasteiger partial charge in [-0.05, 0) is 18.6 Å². The third-order valence-electron chi connectivity index (χ3n) is 2.75. The molecule has 3 heteroatoms. The maximum Gasteiger partial charge on any atom is 0.0494 e. The first-order valence-corrected chi connectivity index (χ1v) is 4.82. The normalized spacial score (nSPS) is 9.81. The summed E-state index contributed by atoms with van der Waals surface area (Å²) in [6, 6.07) is 14.8. The topological polar surface area (TPSA) is 15.8 Å². The number of hydrogen-bond acceptors (Lipinski definition) is 0. The summed E-state index contributed by atoms with van der Waals surface area (Å²) in [5.41, 5.74) is 3.78. The van der Waals surface area contributed by atoms with Crippen LogP contribution in [0.25, 0.3) is 21.8 Å². The third-order valence-corrected chi connectivity index (χ3v) is 2.75. The number of para-hydroxylation sites is 2. The molecule has 3 aromatic rings. The van der Waals surface area contributed by atoms with Crippen LogP contribution < -0.4 is 0 Å². The Morgan fingerprint density at radius 2 is 1.50 bits per heavy atom. The fourth-order valence-corrected chi connectivity index (χ4v) is 2.02. The van der Waals surface area contributed by atoms with E-state index in [-0.39, 0.29) is 24.8 Å². The van der Waals surface area contributed by atoms with Gasteiger partial charge in [0, 0.05) is 21.8 Å². The summed E-state index contributed by atoms with van der Waals surface area (Å²) in [5, 5.41) is 2.63. The van der Waals surface area contributed by atoms with Crippen LogP contribution in [0.4, 0.5) is 0 Å². The van der Waals surface area contributed by atoms with Crippen LogP contribution in [0.3, 0.4) is 0 Å². The molecule has 0 amide bonds. The van der Waals surface area contributed by atoms with E-state index in [2.05, 4.69) is 54.4 Å². The summed E-state index contributed by atoms with van der Waals surface area (Å²) < 4.78 is 0. The molecule has 0 aliphatic rings. The third kappa shape index (κ3) is 1.77. The molecule has 1 N–H and O–H groups in total. The van der Waals surface area contributed by atoms with Crippen LogP contribution in [0.5, 0.6) is 0 Å². The Bertz CT molecular complexity index is 613. The highest BCUT2D eigenvalue weighted by Gasteiger charge is 2.03. The molecule has 0 fully saturated rings. The molecule has 16 heavy (non-hydrogen) atoms. The van der Waals surface area contributed by atoms with Crippen molar-refractivity contribution in [2.45, 2.75) is 6.92 Å². The lowest BCUT2D eigenvalue weighted by Gasteiger charge is -1.93. The standard InChI is InChI=1S/C13H11N.2ClH/c1-9-5-4-7-11-10-6-2-3-8-12(10)14-13(9)11;;/h2-8,14H,1H3;2*1H. The zero-order chi connectivity index (χ0) is 9.54. The Balaban J connectivity index is 0.000000640. The van der Waals surface area contributed by atoms with Crippen LogP contribution >= 0.6 is 24.8 Å². The number of rotatable bonds is 0. The fourth-order valence-electron chi connectivity index (χ4n) is 2.02. The Morgan fingerprint density at radius 3 is 2.31 bits per heavy atom. The lowest BCUT2D eigenvalue weighted by molar-refractivity contribution is 1.45. The average Bonchev–Trinajstić information content (AvgIpc) is 2.59. The quantitative estimate of drug-likeness (QED) is 0.609. The van der Waals surface area contributed by atoms with E-state index in [9.17, 15) is 0 Å². The maximum atomic E-state index is 3.45. The zero-order valence-electron chi connectivity index (χ0n) is 8.86. The Hall–Kier alpha value is -1.18. The van der Waals surface area contributed by atoms with E-state index in [4.69, 9.17) is 0 Å². The van der Waals surface area contributed by atoms with Crippen molar-refractivity contribution in [1.82, 2.24) is 4.98 Å². The second kappa shape index (κ2) is 4.77. The Morgan fingerprint density at radius 1 is 0.812 bits per heavy atom. The molecule has 0 saturated heterocycles. The molecule has 0 bridgehead atoms. The Kier molecular flexibility index (Phi) is 3.84. The number of aromatic nitrogens is 1. The van der Waals surface area contributed by atoms with Gasteiger partial charge < -0.3 is 4.98 Å². The van der Waals surface area contributed by atoms with E-state index in [1.54, 1.807) is 0 Å². The van der Waals surface area contributed by atoms with Gasteiger partial charge in [-0.3, -0.25) is 0 Å². The largest absolute Gasteiger partial charge is 0.354 e. The summed E-state index contributed by atoms with van der Waals surface area (Å²) in [7, 11) is 0. The molecule has 1 heterocycles. The molecule has 0 unspecified atom stereocenters. The average molecular weight is 254 g/mol. The second-order valence-corrected chi connectivity index (χ2v) is 3.67. The monoisotopic (exact) mass is 253 g/mol. The fraction of sp³-hybridized carbons (Fsp3) is 0.0769. The highest BCUT2D eigenvalue weighted by Crippen LogP contribution is 2.26. The van der Waals surface area contributed by atoms with Gasteiger partial charge in [0.1, 0.15) is 0 Å². The van der Waals surface area contributed by atoms with Gasteiger partial charge in [0.2, 0.25) is 0 Å². The summed E-state index contributed by atoms with van der Waals surface area (Å²) in [6.07, 6.45) is 0. The minimum atomic E-state index is 0. The number of fused-ring (bicyclic) bond motifs is 3. The van der Waals surface area contributed by atoms with Gasteiger partial charge in [0.25, 0.3) is 0 Å². The predicted molar refractivity (Wildman–Crippen MR) is 75.0 cm³/mol. The second-order valence-electron chi connectivity index (χ2n) is 3.67. The van der Waals surface area contributed by atoms with Gasteiger partial charge >= 0.3 is 0 Å². The van der Waals surface area contributed by atoms with Gasteiger partial charge in [-0.25, -0.2) is 0 Å². The lowest BCUT2D eigenvalue weighted by Crippen LogP contribution is -1.73. The van der Waals surface area contributed by atoms with E-state index in [0.717, 1.165) is 0 Å². The van der Waals surface area contributed by atoms with Crippen molar-refractivity contribution in [2.75, 3.05) is 0 Å². The molecule has 1 nitrogen and oxygen atoms in total. The van der Waals surface area contributed by atoms with Gasteiger partial charge in [-0.15, -0.1) is 24.8 Å². The van der Waals surface area contributed by atoms with Crippen molar-refractivity contribution in [3.05, 3.63) is 48.0 Å².